The summed E-state index contributed by atoms with van der Waals surface area (Å²) >= 11 is 0. The molecule has 0 radical (unpaired) electrons. The highest BCUT2D eigenvalue weighted by Crippen LogP contribution is 2.16. The van der Waals surface area contributed by atoms with E-state index in [2.05, 4.69) is 5.32 Å². The lowest BCUT2D eigenvalue weighted by molar-refractivity contribution is 0.218. The van der Waals surface area contributed by atoms with Gasteiger partial charge in [0, 0.05) is 19.1 Å². The van der Waals surface area contributed by atoms with Gasteiger partial charge in [0.2, 0.25) is 0 Å². The first-order valence-electron chi connectivity index (χ1n) is 6.42. The second kappa shape index (κ2) is 6.62. The zero-order valence-corrected chi connectivity index (χ0v) is 10.2. The number of hydrogen-bond donors (Lipinski definition) is 2. The Bertz CT molecular complexity index is 317. The summed E-state index contributed by atoms with van der Waals surface area (Å²) in [5.74, 6) is 1.57. The van der Waals surface area contributed by atoms with Crippen molar-refractivity contribution >= 4 is 0 Å². The van der Waals surface area contributed by atoms with Gasteiger partial charge in [0.1, 0.15) is 5.75 Å². The monoisotopic (exact) mass is 235 g/mol. The highest BCUT2D eigenvalue weighted by molar-refractivity contribution is 5.27. The predicted molar refractivity (Wildman–Crippen MR) is 68.3 cm³/mol. The number of ether oxygens (including phenoxy) is 1. The zero-order chi connectivity index (χ0) is 11.9. The van der Waals surface area contributed by atoms with Crippen molar-refractivity contribution in [1.29, 1.82) is 0 Å². The first kappa shape index (κ1) is 12.4. The molecule has 1 aliphatic heterocycles. The van der Waals surface area contributed by atoms with Crippen molar-refractivity contribution in [1.82, 2.24) is 5.32 Å². The first-order chi connectivity index (χ1) is 8.38. The summed E-state index contributed by atoms with van der Waals surface area (Å²) in [6.07, 6.45) is 3.23. The number of nitrogens with one attached hydrogen (secondary N) is 1. The molecule has 1 aromatic rings. The minimum absolute atomic E-state index is 0.202. The number of hydrogen-bond acceptors (Lipinski definition) is 3. The minimum Gasteiger partial charge on any atom is -0.493 e. The summed E-state index contributed by atoms with van der Waals surface area (Å²) in [6, 6.07) is 8.01. The molecule has 17 heavy (non-hydrogen) atoms. The quantitative estimate of drug-likeness (QED) is 0.814. The van der Waals surface area contributed by atoms with E-state index >= 15 is 0 Å². The van der Waals surface area contributed by atoms with E-state index in [1.54, 1.807) is 0 Å². The fourth-order valence-electron chi connectivity index (χ4n) is 2.16. The fraction of sp³-hybridized carbons (Fsp3) is 0.571. The van der Waals surface area contributed by atoms with E-state index in [9.17, 15) is 0 Å². The molecule has 0 saturated carbocycles. The average molecular weight is 235 g/mol. The molecule has 2 N–H and O–H groups in total. The number of aliphatic hydroxyl groups excluding tert-OH is 1. The lowest BCUT2D eigenvalue weighted by Gasteiger charge is -2.22. The first-order valence-corrected chi connectivity index (χ1v) is 6.42. The second-order valence-corrected chi connectivity index (χ2v) is 4.64. The van der Waals surface area contributed by atoms with E-state index in [-0.39, 0.29) is 6.61 Å². The van der Waals surface area contributed by atoms with Crippen LogP contribution in [0.2, 0.25) is 0 Å². The third-order valence-electron chi connectivity index (χ3n) is 3.21. The Balaban J connectivity index is 1.77. The Labute approximate surface area is 103 Å². The SMILES string of the molecule is OCCc1ccc(OCC2CCCNC2)cc1. The summed E-state index contributed by atoms with van der Waals surface area (Å²) in [5.41, 5.74) is 1.15. The fourth-order valence-corrected chi connectivity index (χ4v) is 2.16. The molecule has 1 saturated heterocycles. The minimum atomic E-state index is 0.202. The van der Waals surface area contributed by atoms with Crippen LogP contribution in [0.25, 0.3) is 0 Å². The van der Waals surface area contributed by atoms with Crippen LogP contribution < -0.4 is 10.1 Å². The third-order valence-corrected chi connectivity index (χ3v) is 3.21. The maximum Gasteiger partial charge on any atom is 0.119 e. The molecule has 0 aromatic heterocycles. The van der Waals surface area contributed by atoms with Crippen LogP contribution in [-0.4, -0.2) is 31.4 Å². The van der Waals surface area contributed by atoms with E-state index in [4.69, 9.17) is 9.84 Å². The van der Waals surface area contributed by atoms with Gasteiger partial charge < -0.3 is 15.2 Å². The molecule has 0 spiro atoms. The van der Waals surface area contributed by atoms with Gasteiger partial charge >= 0.3 is 0 Å². The maximum absolute atomic E-state index is 8.82. The van der Waals surface area contributed by atoms with Crippen LogP contribution >= 0.6 is 0 Å². The Morgan fingerprint density at radius 2 is 2.12 bits per heavy atom. The van der Waals surface area contributed by atoms with Crippen molar-refractivity contribution in [3.63, 3.8) is 0 Å². The molecule has 0 aliphatic carbocycles. The van der Waals surface area contributed by atoms with E-state index in [1.807, 2.05) is 24.3 Å². The van der Waals surface area contributed by atoms with E-state index in [0.717, 1.165) is 31.0 Å². The summed E-state index contributed by atoms with van der Waals surface area (Å²) in [7, 11) is 0. The van der Waals surface area contributed by atoms with Crippen molar-refractivity contribution < 1.29 is 9.84 Å². The van der Waals surface area contributed by atoms with Crippen molar-refractivity contribution in [2.45, 2.75) is 19.3 Å². The van der Waals surface area contributed by atoms with E-state index in [0.29, 0.717) is 12.3 Å². The summed E-state index contributed by atoms with van der Waals surface area (Å²) in [5, 5.41) is 12.2. The summed E-state index contributed by atoms with van der Waals surface area (Å²) < 4.78 is 5.78. The molecular formula is C14H21NO2. The number of benzene rings is 1. The lowest BCUT2D eigenvalue weighted by Crippen LogP contribution is -2.33. The van der Waals surface area contributed by atoms with Gasteiger partial charge in [-0.3, -0.25) is 0 Å². The predicted octanol–water partition coefficient (Wildman–Crippen LogP) is 1.60. The largest absolute Gasteiger partial charge is 0.493 e. The van der Waals surface area contributed by atoms with Crippen LogP contribution in [0.5, 0.6) is 5.75 Å². The zero-order valence-electron chi connectivity index (χ0n) is 10.2. The average Bonchev–Trinajstić information content (AvgIpc) is 2.40. The molecule has 1 aromatic carbocycles. The van der Waals surface area contributed by atoms with Gasteiger partial charge in [-0.25, -0.2) is 0 Å². The molecule has 1 unspecified atom stereocenters. The Morgan fingerprint density at radius 1 is 1.29 bits per heavy atom. The third kappa shape index (κ3) is 4.02. The lowest BCUT2D eigenvalue weighted by atomic mass is 10.0. The normalized spacial score (nSPS) is 20.2. The number of aliphatic hydroxyl groups is 1. The Morgan fingerprint density at radius 3 is 2.76 bits per heavy atom. The highest BCUT2D eigenvalue weighted by Gasteiger charge is 2.13. The van der Waals surface area contributed by atoms with Crippen molar-refractivity contribution in [3.05, 3.63) is 29.8 Å². The molecule has 1 heterocycles. The second-order valence-electron chi connectivity index (χ2n) is 4.64. The number of piperidine rings is 1. The van der Waals surface area contributed by atoms with Crippen LogP contribution in [0.3, 0.4) is 0 Å². The van der Waals surface area contributed by atoms with Gasteiger partial charge in [0.15, 0.2) is 0 Å². The van der Waals surface area contributed by atoms with E-state index in [1.165, 1.54) is 12.8 Å². The van der Waals surface area contributed by atoms with Gasteiger partial charge in [-0.05, 0) is 43.5 Å². The van der Waals surface area contributed by atoms with Crippen molar-refractivity contribution in [3.8, 4) is 5.75 Å². The van der Waals surface area contributed by atoms with Gasteiger partial charge in [0.05, 0.1) is 6.61 Å². The van der Waals surface area contributed by atoms with Crippen LogP contribution in [0, 0.1) is 5.92 Å². The van der Waals surface area contributed by atoms with Crippen molar-refractivity contribution in [2.24, 2.45) is 5.92 Å². The highest BCUT2D eigenvalue weighted by atomic mass is 16.5. The van der Waals surface area contributed by atoms with E-state index < -0.39 is 0 Å². The molecule has 1 aliphatic rings. The van der Waals surface area contributed by atoms with Crippen LogP contribution in [-0.2, 0) is 6.42 Å². The Kier molecular flexibility index (Phi) is 4.83. The van der Waals surface area contributed by atoms with Gasteiger partial charge in [0.25, 0.3) is 0 Å². The molecule has 1 atom stereocenters. The van der Waals surface area contributed by atoms with Gasteiger partial charge in [-0.15, -0.1) is 0 Å². The molecular weight excluding hydrogens is 214 g/mol. The molecule has 3 nitrogen and oxygen atoms in total. The van der Waals surface area contributed by atoms with Crippen molar-refractivity contribution in [2.75, 3.05) is 26.3 Å². The Hall–Kier alpha value is -1.06. The molecule has 1 fully saturated rings. The standard InChI is InChI=1S/C14H21NO2/c16-9-7-12-3-5-14(6-4-12)17-11-13-2-1-8-15-10-13/h3-6,13,15-16H,1-2,7-11H2. The smallest absolute Gasteiger partial charge is 0.119 e. The molecule has 94 valence electrons. The van der Waals surface area contributed by atoms with Gasteiger partial charge in [-0.2, -0.15) is 0 Å². The van der Waals surface area contributed by atoms with Crippen LogP contribution in [0.15, 0.2) is 24.3 Å². The molecule has 3 heteroatoms. The molecule has 2 rings (SSSR count). The number of rotatable bonds is 5. The molecule has 0 amide bonds. The maximum atomic E-state index is 8.82. The summed E-state index contributed by atoms with van der Waals surface area (Å²) in [4.78, 5) is 0. The van der Waals surface area contributed by atoms with Gasteiger partial charge in [-0.1, -0.05) is 12.1 Å². The van der Waals surface area contributed by atoms with Crippen LogP contribution in [0.1, 0.15) is 18.4 Å². The molecule has 0 bridgehead atoms. The van der Waals surface area contributed by atoms with Crippen LogP contribution in [0.4, 0.5) is 0 Å². The summed E-state index contributed by atoms with van der Waals surface area (Å²) in [6.45, 7) is 3.22. The topological polar surface area (TPSA) is 41.5 Å².